The number of benzene rings is 1. The van der Waals surface area contributed by atoms with Crippen LogP contribution in [0.2, 0.25) is 0 Å². The number of hydrogen-bond acceptors (Lipinski definition) is 7. The first-order chi connectivity index (χ1) is 15.7. The third-order valence-corrected chi connectivity index (χ3v) is 6.31. The Morgan fingerprint density at radius 2 is 1.78 bits per heavy atom. The van der Waals surface area contributed by atoms with Gasteiger partial charge >= 0.3 is 0 Å². The maximum atomic E-state index is 4.83. The molecule has 0 spiro atoms. The minimum absolute atomic E-state index is 0.668. The number of likely N-dealkylation sites (N-methyl/N-ethyl adjacent to an activating group) is 1. The molecule has 5 rings (SSSR count). The van der Waals surface area contributed by atoms with E-state index < -0.39 is 0 Å². The molecule has 0 aliphatic carbocycles. The molecule has 8 heteroatoms. The van der Waals surface area contributed by atoms with E-state index >= 15 is 0 Å². The van der Waals surface area contributed by atoms with E-state index in [1.165, 1.54) is 0 Å². The summed E-state index contributed by atoms with van der Waals surface area (Å²) in [6, 6.07) is 18.3. The van der Waals surface area contributed by atoms with Crippen LogP contribution in [0.5, 0.6) is 0 Å². The first-order valence-electron chi connectivity index (χ1n) is 10.6. The normalized spacial score (nSPS) is 14.8. The van der Waals surface area contributed by atoms with Gasteiger partial charge in [-0.05, 0) is 30.1 Å². The van der Waals surface area contributed by atoms with E-state index in [9.17, 15) is 0 Å². The molecule has 4 heterocycles. The Bertz CT molecular complexity index is 1180. The summed E-state index contributed by atoms with van der Waals surface area (Å²) >= 11 is 1.68. The monoisotopic (exact) mass is 443 g/mol. The molecule has 3 aromatic heterocycles. The largest absolute Gasteiger partial charge is 0.354 e. The Balaban J connectivity index is 1.42. The van der Waals surface area contributed by atoms with Crippen molar-refractivity contribution in [2.24, 2.45) is 0 Å². The van der Waals surface area contributed by atoms with Gasteiger partial charge in [0, 0.05) is 38.3 Å². The van der Waals surface area contributed by atoms with E-state index in [4.69, 9.17) is 9.97 Å². The van der Waals surface area contributed by atoms with E-state index in [1.807, 2.05) is 48.6 Å². The molecular formula is C24H25N7S. The Hall–Kier alpha value is -3.49. The van der Waals surface area contributed by atoms with E-state index in [1.54, 1.807) is 11.3 Å². The minimum Gasteiger partial charge on any atom is -0.354 e. The number of anilines is 3. The maximum Gasteiger partial charge on any atom is 0.156 e. The highest BCUT2D eigenvalue weighted by Crippen LogP contribution is 2.26. The van der Waals surface area contributed by atoms with Crippen LogP contribution in [-0.4, -0.2) is 58.3 Å². The Labute approximate surface area is 191 Å². The maximum absolute atomic E-state index is 4.83. The lowest BCUT2D eigenvalue weighted by molar-refractivity contribution is 0.312. The fraction of sp³-hybridized carbons (Fsp3) is 0.208. The standard InChI is InChI=1S/C24H25N7S/c1-30-11-13-31(14-12-30)24-17-22(25-21(27-24)10-9-18-6-3-2-4-7-18)26-23-16-19(28-29-23)20-8-5-15-32-20/h2-10,15-17H,11-14H2,1H3,(H2,25,26,27,28,29). The molecule has 0 unspecified atom stereocenters. The molecule has 1 aliphatic heterocycles. The molecule has 1 aliphatic rings. The number of piperazine rings is 1. The molecule has 1 fully saturated rings. The zero-order chi connectivity index (χ0) is 21.8. The third kappa shape index (κ3) is 4.87. The number of aromatic nitrogens is 4. The quantitative estimate of drug-likeness (QED) is 0.454. The molecule has 32 heavy (non-hydrogen) atoms. The second kappa shape index (κ2) is 9.33. The van der Waals surface area contributed by atoms with Crippen molar-refractivity contribution in [3.05, 3.63) is 71.4 Å². The van der Waals surface area contributed by atoms with Crippen LogP contribution in [0.3, 0.4) is 0 Å². The summed E-state index contributed by atoms with van der Waals surface area (Å²) in [6.07, 6.45) is 4.00. The summed E-state index contributed by atoms with van der Waals surface area (Å²) in [6.45, 7) is 3.93. The summed E-state index contributed by atoms with van der Waals surface area (Å²) in [4.78, 5) is 15.4. The Kier molecular flexibility index (Phi) is 5.96. The molecular weight excluding hydrogens is 418 g/mol. The number of thiophene rings is 1. The van der Waals surface area contributed by atoms with Gasteiger partial charge in [-0.1, -0.05) is 42.5 Å². The molecule has 0 bridgehead atoms. The number of nitrogens with zero attached hydrogens (tertiary/aromatic N) is 5. The SMILES string of the molecule is CN1CCN(c2cc(Nc3cc(-c4cccs4)[nH]n3)nc(C=Cc3ccccc3)n2)CC1. The topological polar surface area (TPSA) is 73.0 Å². The molecule has 7 nitrogen and oxygen atoms in total. The summed E-state index contributed by atoms with van der Waals surface area (Å²) in [7, 11) is 2.15. The highest BCUT2D eigenvalue weighted by Gasteiger charge is 2.17. The number of hydrogen-bond donors (Lipinski definition) is 2. The van der Waals surface area contributed by atoms with Crippen LogP contribution in [0.1, 0.15) is 11.4 Å². The summed E-state index contributed by atoms with van der Waals surface area (Å²) in [5.74, 6) is 3.06. The average Bonchev–Trinajstić information content (AvgIpc) is 3.51. The number of H-pyrrole nitrogens is 1. The van der Waals surface area contributed by atoms with E-state index in [0.717, 1.165) is 59.8 Å². The van der Waals surface area contributed by atoms with Gasteiger partial charge in [0.2, 0.25) is 0 Å². The van der Waals surface area contributed by atoms with Gasteiger partial charge in [0.05, 0.1) is 10.6 Å². The minimum atomic E-state index is 0.668. The Morgan fingerprint density at radius 3 is 2.56 bits per heavy atom. The molecule has 0 amide bonds. The molecule has 1 aromatic carbocycles. The average molecular weight is 444 g/mol. The second-order valence-corrected chi connectivity index (χ2v) is 8.72. The highest BCUT2D eigenvalue weighted by molar-refractivity contribution is 7.13. The lowest BCUT2D eigenvalue weighted by Crippen LogP contribution is -2.44. The molecule has 4 aromatic rings. The van der Waals surface area contributed by atoms with Crippen molar-refractivity contribution >= 4 is 40.9 Å². The van der Waals surface area contributed by atoms with E-state index in [-0.39, 0.29) is 0 Å². The summed E-state index contributed by atoms with van der Waals surface area (Å²) < 4.78 is 0. The third-order valence-electron chi connectivity index (χ3n) is 5.40. The first kappa shape index (κ1) is 20.4. The zero-order valence-corrected chi connectivity index (χ0v) is 18.7. The summed E-state index contributed by atoms with van der Waals surface area (Å²) in [5, 5.41) is 12.9. The lowest BCUT2D eigenvalue weighted by atomic mass is 10.2. The molecule has 2 N–H and O–H groups in total. The molecule has 0 radical (unpaired) electrons. The van der Waals surface area contributed by atoms with E-state index in [0.29, 0.717) is 5.82 Å². The van der Waals surface area contributed by atoms with Crippen LogP contribution < -0.4 is 10.2 Å². The van der Waals surface area contributed by atoms with Crippen LogP contribution in [0.15, 0.2) is 60.0 Å². The van der Waals surface area contributed by atoms with Gasteiger partial charge in [-0.15, -0.1) is 11.3 Å². The van der Waals surface area contributed by atoms with Gasteiger partial charge in [-0.25, -0.2) is 9.97 Å². The number of rotatable bonds is 6. The van der Waals surface area contributed by atoms with Gasteiger partial charge < -0.3 is 15.1 Å². The predicted octanol–water partition coefficient (Wildman–Crippen LogP) is 4.59. The zero-order valence-electron chi connectivity index (χ0n) is 17.9. The van der Waals surface area contributed by atoms with Crippen molar-refractivity contribution in [1.29, 1.82) is 0 Å². The first-order valence-corrected chi connectivity index (χ1v) is 11.5. The van der Waals surface area contributed by atoms with Crippen molar-refractivity contribution < 1.29 is 0 Å². The van der Waals surface area contributed by atoms with Crippen LogP contribution in [0.25, 0.3) is 22.7 Å². The van der Waals surface area contributed by atoms with Crippen molar-refractivity contribution in [3.63, 3.8) is 0 Å². The van der Waals surface area contributed by atoms with Gasteiger partial charge in [-0.2, -0.15) is 5.10 Å². The van der Waals surface area contributed by atoms with E-state index in [2.05, 4.69) is 55.9 Å². The van der Waals surface area contributed by atoms with Gasteiger partial charge in [0.25, 0.3) is 0 Å². The predicted molar refractivity (Wildman–Crippen MR) is 132 cm³/mol. The van der Waals surface area contributed by atoms with Crippen molar-refractivity contribution in [2.45, 2.75) is 0 Å². The molecule has 162 valence electrons. The van der Waals surface area contributed by atoms with Crippen molar-refractivity contribution in [1.82, 2.24) is 25.1 Å². The van der Waals surface area contributed by atoms with Gasteiger partial charge in [0.15, 0.2) is 11.6 Å². The molecule has 0 saturated carbocycles. The fourth-order valence-corrected chi connectivity index (χ4v) is 4.29. The molecule has 0 atom stereocenters. The highest BCUT2D eigenvalue weighted by atomic mass is 32.1. The molecule has 1 saturated heterocycles. The summed E-state index contributed by atoms with van der Waals surface area (Å²) in [5.41, 5.74) is 2.10. The van der Waals surface area contributed by atoms with Crippen LogP contribution in [0.4, 0.5) is 17.5 Å². The van der Waals surface area contributed by atoms with Crippen molar-refractivity contribution in [2.75, 3.05) is 43.4 Å². The van der Waals surface area contributed by atoms with Crippen LogP contribution in [-0.2, 0) is 0 Å². The second-order valence-electron chi connectivity index (χ2n) is 7.77. The Morgan fingerprint density at radius 1 is 0.938 bits per heavy atom. The smallest absolute Gasteiger partial charge is 0.156 e. The van der Waals surface area contributed by atoms with Crippen LogP contribution >= 0.6 is 11.3 Å². The lowest BCUT2D eigenvalue weighted by Gasteiger charge is -2.33. The van der Waals surface area contributed by atoms with Crippen LogP contribution in [0, 0.1) is 0 Å². The van der Waals surface area contributed by atoms with Gasteiger partial charge in [-0.3, -0.25) is 5.10 Å². The fourth-order valence-electron chi connectivity index (χ4n) is 3.60. The number of aromatic amines is 1. The number of nitrogens with one attached hydrogen (secondary N) is 2. The van der Waals surface area contributed by atoms with Gasteiger partial charge in [0.1, 0.15) is 11.6 Å². The van der Waals surface area contributed by atoms with Crippen molar-refractivity contribution in [3.8, 4) is 10.6 Å².